The predicted molar refractivity (Wildman–Crippen MR) is 91.7 cm³/mol. The summed E-state index contributed by atoms with van der Waals surface area (Å²) in [5.74, 6) is -0.267. The summed E-state index contributed by atoms with van der Waals surface area (Å²) < 4.78 is 9.05. The normalized spacial score (nSPS) is 11.1. The number of phenolic OH excluding ortho intramolecular Hbond substituents is 1. The fraction of sp³-hybridized carbons (Fsp3) is 0.333. The second kappa shape index (κ2) is 6.39. The molecule has 1 N–H and O–H groups in total. The second-order valence-corrected chi connectivity index (χ2v) is 5.68. The van der Waals surface area contributed by atoms with Gasteiger partial charge in [-0.3, -0.25) is 4.68 Å². The molecule has 0 radical (unpaired) electrons. The molecule has 0 amide bonds. The van der Waals surface area contributed by atoms with Crippen molar-refractivity contribution in [1.82, 2.24) is 14.3 Å². The molecule has 1 aromatic carbocycles. The lowest BCUT2D eigenvalue weighted by molar-refractivity contribution is 0.0527. The topological polar surface area (TPSA) is 69.3 Å². The van der Waals surface area contributed by atoms with Gasteiger partial charge in [-0.15, -0.1) is 0 Å². The minimum Gasteiger partial charge on any atom is -0.508 e. The lowest BCUT2D eigenvalue weighted by atomic mass is 10.1. The van der Waals surface area contributed by atoms with Crippen LogP contribution < -0.4 is 0 Å². The molecule has 0 unspecified atom stereocenters. The van der Waals surface area contributed by atoms with Crippen molar-refractivity contribution in [2.24, 2.45) is 0 Å². The third-order valence-electron chi connectivity index (χ3n) is 4.00. The molecule has 2 heterocycles. The Morgan fingerprint density at radius 2 is 2.12 bits per heavy atom. The molecular formula is C18H21N3O3. The average Bonchev–Trinajstić information content (AvgIpc) is 3.09. The van der Waals surface area contributed by atoms with E-state index in [9.17, 15) is 9.90 Å². The molecule has 0 aliphatic heterocycles. The highest BCUT2D eigenvalue weighted by Gasteiger charge is 2.22. The molecular weight excluding hydrogens is 306 g/mol. The Labute approximate surface area is 140 Å². The average molecular weight is 327 g/mol. The van der Waals surface area contributed by atoms with Crippen LogP contribution in [0, 0.1) is 6.92 Å². The van der Waals surface area contributed by atoms with E-state index in [2.05, 4.69) is 12.0 Å². The van der Waals surface area contributed by atoms with Crippen LogP contribution in [0.1, 0.15) is 36.3 Å². The van der Waals surface area contributed by atoms with Gasteiger partial charge in [0.05, 0.1) is 29.6 Å². The number of hydrogen-bond donors (Lipinski definition) is 1. The smallest absolute Gasteiger partial charge is 0.340 e. The van der Waals surface area contributed by atoms with Crippen molar-refractivity contribution < 1.29 is 14.6 Å². The zero-order valence-corrected chi connectivity index (χ0v) is 14.1. The van der Waals surface area contributed by atoms with Crippen molar-refractivity contribution in [2.45, 2.75) is 33.7 Å². The Morgan fingerprint density at radius 3 is 2.83 bits per heavy atom. The van der Waals surface area contributed by atoms with E-state index in [0.29, 0.717) is 17.6 Å². The zero-order valence-electron chi connectivity index (χ0n) is 14.1. The van der Waals surface area contributed by atoms with Crippen LogP contribution in [0.4, 0.5) is 0 Å². The monoisotopic (exact) mass is 327 g/mol. The molecule has 0 atom stereocenters. The van der Waals surface area contributed by atoms with Gasteiger partial charge in [0.25, 0.3) is 0 Å². The summed E-state index contributed by atoms with van der Waals surface area (Å²) in [6.07, 6.45) is 4.73. The van der Waals surface area contributed by atoms with E-state index in [4.69, 9.17) is 4.74 Å². The number of rotatable bonds is 5. The standard InChI is InChI=1S/C18H21N3O3/c1-4-8-20-11-13(10-19-20)21-12(3)17(18(23)24-5-2)15-9-14(22)6-7-16(15)21/h6-7,9-11,22H,4-5,8H2,1-3H3. The molecule has 2 aromatic heterocycles. The molecule has 6 nitrogen and oxygen atoms in total. The van der Waals surface area contributed by atoms with Gasteiger partial charge >= 0.3 is 5.97 Å². The largest absolute Gasteiger partial charge is 0.508 e. The molecule has 0 aliphatic carbocycles. The Bertz CT molecular complexity index is 892. The zero-order chi connectivity index (χ0) is 17.3. The summed E-state index contributed by atoms with van der Waals surface area (Å²) in [6.45, 7) is 6.89. The third-order valence-corrected chi connectivity index (χ3v) is 4.00. The molecule has 126 valence electrons. The number of fused-ring (bicyclic) bond motifs is 1. The number of benzene rings is 1. The molecule has 0 saturated heterocycles. The van der Waals surface area contributed by atoms with E-state index in [1.165, 1.54) is 0 Å². The number of esters is 1. The summed E-state index contributed by atoms with van der Waals surface area (Å²) in [7, 11) is 0. The van der Waals surface area contributed by atoms with Gasteiger partial charge in [0.15, 0.2) is 0 Å². The number of phenols is 1. The number of aromatic hydroxyl groups is 1. The molecule has 0 bridgehead atoms. The van der Waals surface area contributed by atoms with Crippen LogP contribution in [-0.2, 0) is 11.3 Å². The van der Waals surface area contributed by atoms with Gasteiger partial charge in [-0.1, -0.05) is 6.92 Å². The van der Waals surface area contributed by atoms with Gasteiger partial charge in [0.2, 0.25) is 0 Å². The summed E-state index contributed by atoms with van der Waals surface area (Å²) in [5, 5.41) is 14.9. The third kappa shape index (κ3) is 2.64. The number of ether oxygens (including phenoxy) is 1. The number of nitrogens with zero attached hydrogens (tertiary/aromatic N) is 3. The van der Waals surface area contributed by atoms with E-state index in [1.807, 2.05) is 22.4 Å². The lowest BCUT2D eigenvalue weighted by Gasteiger charge is -2.06. The van der Waals surface area contributed by atoms with Crippen LogP contribution in [0.25, 0.3) is 16.6 Å². The Kier molecular flexibility index (Phi) is 4.29. The second-order valence-electron chi connectivity index (χ2n) is 5.68. The minimum atomic E-state index is -0.384. The van der Waals surface area contributed by atoms with Gasteiger partial charge in [-0.2, -0.15) is 5.10 Å². The molecule has 0 spiro atoms. The summed E-state index contributed by atoms with van der Waals surface area (Å²) in [5.41, 5.74) is 2.97. The van der Waals surface area contributed by atoms with Gasteiger partial charge in [0.1, 0.15) is 5.75 Å². The van der Waals surface area contributed by atoms with Crippen molar-refractivity contribution in [3.8, 4) is 11.4 Å². The SMILES string of the molecule is CCCn1cc(-n2c(C)c(C(=O)OCC)c3cc(O)ccc32)cn1. The van der Waals surface area contributed by atoms with Gasteiger partial charge in [0, 0.05) is 23.8 Å². The molecule has 0 aliphatic rings. The number of carbonyl (C=O) groups excluding carboxylic acids is 1. The van der Waals surface area contributed by atoms with Crippen LogP contribution in [0.2, 0.25) is 0 Å². The first-order valence-electron chi connectivity index (χ1n) is 8.10. The molecule has 3 aromatic rings. The number of hydrogen-bond acceptors (Lipinski definition) is 4. The number of aromatic nitrogens is 3. The maximum absolute atomic E-state index is 12.4. The van der Waals surface area contributed by atoms with Crippen molar-refractivity contribution >= 4 is 16.9 Å². The van der Waals surface area contributed by atoms with Crippen molar-refractivity contribution in [3.63, 3.8) is 0 Å². The van der Waals surface area contributed by atoms with Gasteiger partial charge in [-0.25, -0.2) is 4.79 Å². The van der Waals surface area contributed by atoms with Crippen molar-refractivity contribution in [2.75, 3.05) is 6.61 Å². The quantitative estimate of drug-likeness (QED) is 0.729. The first-order valence-corrected chi connectivity index (χ1v) is 8.10. The molecule has 3 rings (SSSR count). The predicted octanol–water partition coefficient (Wildman–Crippen LogP) is 3.43. The maximum atomic E-state index is 12.4. The van der Waals surface area contributed by atoms with E-state index >= 15 is 0 Å². The molecule has 0 saturated carbocycles. The van der Waals surface area contributed by atoms with E-state index in [1.54, 1.807) is 31.3 Å². The highest BCUT2D eigenvalue weighted by molar-refractivity contribution is 6.06. The maximum Gasteiger partial charge on any atom is 0.340 e. The highest BCUT2D eigenvalue weighted by atomic mass is 16.5. The lowest BCUT2D eigenvalue weighted by Crippen LogP contribution is -2.07. The van der Waals surface area contributed by atoms with Gasteiger partial charge < -0.3 is 14.4 Å². The summed E-state index contributed by atoms with van der Waals surface area (Å²) >= 11 is 0. The fourth-order valence-corrected chi connectivity index (χ4v) is 3.02. The Morgan fingerprint density at radius 1 is 1.33 bits per heavy atom. The molecule has 24 heavy (non-hydrogen) atoms. The Balaban J connectivity index is 2.23. The number of aryl methyl sites for hydroxylation is 1. The van der Waals surface area contributed by atoms with Crippen LogP contribution >= 0.6 is 0 Å². The van der Waals surface area contributed by atoms with E-state index < -0.39 is 0 Å². The Hall–Kier alpha value is -2.76. The van der Waals surface area contributed by atoms with E-state index in [-0.39, 0.29) is 11.7 Å². The van der Waals surface area contributed by atoms with Crippen LogP contribution in [0.15, 0.2) is 30.6 Å². The van der Waals surface area contributed by atoms with Gasteiger partial charge in [-0.05, 0) is 38.5 Å². The first-order chi connectivity index (χ1) is 11.6. The number of carbonyl (C=O) groups is 1. The molecule has 6 heteroatoms. The van der Waals surface area contributed by atoms with Crippen molar-refractivity contribution in [3.05, 3.63) is 41.9 Å². The first kappa shape index (κ1) is 16.1. The summed E-state index contributed by atoms with van der Waals surface area (Å²) in [4.78, 5) is 12.4. The van der Waals surface area contributed by atoms with Crippen LogP contribution in [0.3, 0.4) is 0 Å². The van der Waals surface area contributed by atoms with Crippen LogP contribution in [-0.4, -0.2) is 32.0 Å². The van der Waals surface area contributed by atoms with E-state index in [0.717, 1.165) is 29.9 Å². The highest BCUT2D eigenvalue weighted by Crippen LogP contribution is 2.32. The molecule has 0 fully saturated rings. The fourth-order valence-electron chi connectivity index (χ4n) is 3.02. The minimum absolute atomic E-state index is 0.117. The van der Waals surface area contributed by atoms with Crippen LogP contribution in [0.5, 0.6) is 5.75 Å². The van der Waals surface area contributed by atoms with Crippen molar-refractivity contribution in [1.29, 1.82) is 0 Å². The summed E-state index contributed by atoms with van der Waals surface area (Å²) in [6, 6.07) is 5.02.